The van der Waals surface area contributed by atoms with Crippen molar-refractivity contribution in [3.05, 3.63) is 69.1 Å². The molecule has 1 heterocycles. The number of amides is 4. The molecule has 35 heavy (non-hydrogen) atoms. The zero-order valence-corrected chi connectivity index (χ0v) is 21.5. The molecule has 0 unspecified atom stereocenters. The van der Waals surface area contributed by atoms with Crippen molar-refractivity contribution in [1.29, 1.82) is 0 Å². The van der Waals surface area contributed by atoms with Crippen LogP contribution >= 0.6 is 11.8 Å². The third-order valence-electron chi connectivity index (χ3n) is 6.71. The normalized spacial score (nSPS) is 17.9. The van der Waals surface area contributed by atoms with E-state index < -0.39 is 0 Å². The first-order valence-electron chi connectivity index (χ1n) is 12.3. The number of aryl methyl sites for hydroxylation is 3. The standard InChI is InChI=1S/C28H33N3O3S/c1-18-14-19(2)25(20(3)15-18)29-27(33)31(23-8-6-4-5-7-9-23)17-22-12-10-21(11-13-22)16-24-26(32)30-28(34)35-24/h10-16,23H,4-9,17H2,1-3H3,(H,29,33)(H,30,32,34). The van der Waals surface area contributed by atoms with Crippen molar-refractivity contribution >= 4 is 40.7 Å². The molecule has 0 bridgehead atoms. The van der Waals surface area contributed by atoms with Crippen LogP contribution in [0.15, 0.2) is 41.3 Å². The van der Waals surface area contributed by atoms with Gasteiger partial charge in [0.1, 0.15) is 0 Å². The Bertz CT molecular complexity index is 1130. The summed E-state index contributed by atoms with van der Waals surface area (Å²) in [5.41, 5.74) is 6.10. The first-order chi connectivity index (χ1) is 16.8. The molecular weight excluding hydrogens is 458 g/mol. The molecule has 1 aliphatic heterocycles. The Morgan fingerprint density at radius 3 is 2.23 bits per heavy atom. The zero-order valence-electron chi connectivity index (χ0n) is 20.6. The van der Waals surface area contributed by atoms with Crippen LogP contribution in [-0.4, -0.2) is 28.1 Å². The number of benzene rings is 2. The fourth-order valence-corrected chi connectivity index (χ4v) is 5.66. The van der Waals surface area contributed by atoms with E-state index in [0.29, 0.717) is 11.4 Å². The monoisotopic (exact) mass is 491 g/mol. The second-order valence-corrected chi connectivity index (χ2v) is 10.6. The molecule has 0 aromatic heterocycles. The largest absolute Gasteiger partial charge is 0.322 e. The van der Waals surface area contributed by atoms with Crippen LogP contribution in [-0.2, 0) is 11.3 Å². The number of nitrogens with zero attached hydrogens (tertiary/aromatic N) is 1. The van der Waals surface area contributed by atoms with E-state index in [2.05, 4.69) is 29.7 Å². The number of rotatable bonds is 5. The minimum absolute atomic E-state index is 0.0595. The highest BCUT2D eigenvalue weighted by Gasteiger charge is 2.27. The van der Waals surface area contributed by atoms with Crippen molar-refractivity contribution in [2.75, 3.05) is 5.32 Å². The summed E-state index contributed by atoms with van der Waals surface area (Å²) < 4.78 is 0. The van der Waals surface area contributed by atoms with Crippen molar-refractivity contribution in [3.63, 3.8) is 0 Å². The van der Waals surface area contributed by atoms with Crippen molar-refractivity contribution in [1.82, 2.24) is 10.2 Å². The van der Waals surface area contributed by atoms with Gasteiger partial charge in [0.15, 0.2) is 0 Å². The predicted molar refractivity (Wildman–Crippen MR) is 142 cm³/mol. The number of hydrogen-bond donors (Lipinski definition) is 2. The SMILES string of the molecule is Cc1cc(C)c(NC(=O)N(Cc2ccc(C=C3SC(=O)NC3=O)cc2)C2CCCCCC2)c(C)c1. The molecule has 4 amide bonds. The van der Waals surface area contributed by atoms with Gasteiger partial charge in [0.2, 0.25) is 0 Å². The van der Waals surface area contributed by atoms with Gasteiger partial charge in [0.25, 0.3) is 11.1 Å². The fourth-order valence-electron chi connectivity index (χ4n) is 4.98. The van der Waals surface area contributed by atoms with E-state index in [1.165, 1.54) is 18.4 Å². The van der Waals surface area contributed by atoms with Gasteiger partial charge in [-0.25, -0.2) is 4.79 Å². The van der Waals surface area contributed by atoms with Gasteiger partial charge in [0.05, 0.1) is 4.91 Å². The van der Waals surface area contributed by atoms with E-state index >= 15 is 0 Å². The average Bonchev–Trinajstić information content (AvgIpc) is 2.99. The van der Waals surface area contributed by atoms with Gasteiger partial charge in [-0.05, 0) is 73.7 Å². The van der Waals surface area contributed by atoms with Crippen LogP contribution in [0.25, 0.3) is 6.08 Å². The Kier molecular flexibility index (Phi) is 7.96. The topological polar surface area (TPSA) is 78.5 Å². The summed E-state index contributed by atoms with van der Waals surface area (Å²) in [5.74, 6) is -0.359. The molecule has 2 N–H and O–H groups in total. The molecule has 2 aliphatic rings. The van der Waals surface area contributed by atoms with Crippen LogP contribution in [0.5, 0.6) is 0 Å². The highest BCUT2D eigenvalue weighted by atomic mass is 32.2. The maximum absolute atomic E-state index is 13.6. The molecule has 1 aliphatic carbocycles. The van der Waals surface area contributed by atoms with E-state index in [0.717, 1.165) is 65.4 Å². The molecule has 184 valence electrons. The molecule has 0 radical (unpaired) electrons. The quantitative estimate of drug-likeness (QED) is 0.361. The van der Waals surface area contributed by atoms with Crippen LogP contribution < -0.4 is 10.6 Å². The smallest absolute Gasteiger partial charge is 0.317 e. The molecule has 2 aromatic carbocycles. The van der Waals surface area contributed by atoms with Gasteiger partial charge in [-0.15, -0.1) is 0 Å². The Labute approximate surface area is 211 Å². The molecule has 0 atom stereocenters. The van der Waals surface area contributed by atoms with Crippen LogP contribution in [0.4, 0.5) is 15.3 Å². The lowest BCUT2D eigenvalue weighted by Gasteiger charge is -2.32. The van der Waals surface area contributed by atoms with Crippen molar-refractivity contribution in [2.24, 2.45) is 0 Å². The summed E-state index contributed by atoms with van der Waals surface area (Å²) in [6, 6.07) is 12.2. The molecule has 7 heteroatoms. The maximum Gasteiger partial charge on any atom is 0.322 e. The molecule has 4 rings (SSSR count). The van der Waals surface area contributed by atoms with Crippen LogP contribution in [0.1, 0.15) is 66.3 Å². The number of thioether (sulfide) groups is 1. The van der Waals surface area contributed by atoms with Crippen molar-refractivity contribution in [3.8, 4) is 0 Å². The van der Waals surface area contributed by atoms with Crippen molar-refractivity contribution in [2.45, 2.75) is 71.9 Å². The zero-order chi connectivity index (χ0) is 24.9. The molecule has 2 fully saturated rings. The highest BCUT2D eigenvalue weighted by Crippen LogP contribution is 2.28. The lowest BCUT2D eigenvalue weighted by Crippen LogP contribution is -2.42. The summed E-state index contributed by atoms with van der Waals surface area (Å²) in [6.07, 6.45) is 8.48. The summed E-state index contributed by atoms with van der Waals surface area (Å²) in [4.78, 5) is 39.2. The Morgan fingerprint density at radius 2 is 1.66 bits per heavy atom. The number of urea groups is 1. The van der Waals surface area contributed by atoms with Crippen molar-refractivity contribution < 1.29 is 14.4 Å². The Balaban J connectivity index is 1.54. The van der Waals surface area contributed by atoms with Gasteiger partial charge in [-0.1, -0.05) is 67.6 Å². The van der Waals surface area contributed by atoms with E-state index in [1.807, 2.05) is 43.0 Å². The maximum atomic E-state index is 13.6. The van der Waals surface area contributed by atoms with Gasteiger partial charge < -0.3 is 10.2 Å². The summed E-state index contributed by atoms with van der Waals surface area (Å²) in [6.45, 7) is 6.66. The molecule has 1 saturated carbocycles. The molecule has 6 nitrogen and oxygen atoms in total. The number of carbonyl (C=O) groups excluding carboxylic acids is 3. The van der Waals surface area contributed by atoms with Crippen LogP contribution in [0, 0.1) is 20.8 Å². The second-order valence-electron chi connectivity index (χ2n) is 9.57. The third kappa shape index (κ3) is 6.34. The fraction of sp³-hybridized carbons (Fsp3) is 0.393. The van der Waals surface area contributed by atoms with Gasteiger partial charge >= 0.3 is 6.03 Å². The predicted octanol–water partition coefficient (Wildman–Crippen LogP) is 6.69. The number of carbonyl (C=O) groups is 3. The second kappa shape index (κ2) is 11.1. The summed E-state index contributed by atoms with van der Waals surface area (Å²) >= 11 is 0.912. The van der Waals surface area contributed by atoms with Crippen LogP contribution in [0.3, 0.4) is 0 Å². The lowest BCUT2D eigenvalue weighted by molar-refractivity contribution is -0.115. The molecule has 0 spiro atoms. The Morgan fingerprint density at radius 1 is 1.03 bits per heavy atom. The number of imide groups is 1. The Hall–Kier alpha value is -3.06. The summed E-state index contributed by atoms with van der Waals surface area (Å²) in [7, 11) is 0. The number of hydrogen-bond acceptors (Lipinski definition) is 4. The third-order valence-corrected chi connectivity index (χ3v) is 7.52. The number of anilines is 1. The van der Waals surface area contributed by atoms with Gasteiger partial charge in [0, 0.05) is 18.3 Å². The first kappa shape index (κ1) is 25.0. The molecular formula is C28H33N3O3S. The van der Waals surface area contributed by atoms with E-state index in [9.17, 15) is 14.4 Å². The highest BCUT2D eigenvalue weighted by molar-refractivity contribution is 8.18. The molecule has 1 saturated heterocycles. The van der Waals surface area contributed by atoms with Gasteiger partial charge in [-0.2, -0.15) is 0 Å². The lowest BCUT2D eigenvalue weighted by atomic mass is 10.0. The van der Waals surface area contributed by atoms with E-state index in [4.69, 9.17) is 0 Å². The van der Waals surface area contributed by atoms with E-state index in [-0.39, 0.29) is 23.2 Å². The first-order valence-corrected chi connectivity index (χ1v) is 13.1. The van der Waals surface area contributed by atoms with E-state index in [1.54, 1.807) is 6.08 Å². The number of nitrogens with one attached hydrogen (secondary N) is 2. The minimum Gasteiger partial charge on any atom is -0.317 e. The minimum atomic E-state index is -0.359. The van der Waals surface area contributed by atoms with Crippen LogP contribution in [0.2, 0.25) is 0 Å². The van der Waals surface area contributed by atoms with Gasteiger partial charge in [-0.3, -0.25) is 14.9 Å². The summed E-state index contributed by atoms with van der Waals surface area (Å²) in [5, 5.41) is 5.14. The molecule has 2 aromatic rings. The average molecular weight is 492 g/mol.